The summed E-state index contributed by atoms with van der Waals surface area (Å²) in [4.78, 5) is 0. The van der Waals surface area contributed by atoms with Crippen LogP contribution in [0.15, 0.2) is 27.1 Å². The number of furan rings is 1. The van der Waals surface area contributed by atoms with Crippen molar-refractivity contribution in [2.24, 2.45) is 5.92 Å². The smallest absolute Gasteiger partial charge is 0.148 e. The van der Waals surface area contributed by atoms with E-state index in [1.165, 1.54) is 12.8 Å². The summed E-state index contributed by atoms with van der Waals surface area (Å²) in [7, 11) is 1.98. The van der Waals surface area contributed by atoms with Gasteiger partial charge in [0.2, 0.25) is 0 Å². The van der Waals surface area contributed by atoms with E-state index < -0.39 is 0 Å². The largest absolute Gasteiger partial charge is 0.458 e. The second-order valence-corrected chi connectivity index (χ2v) is 5.85. The number of nitrogens with one attached hydrogen (secondary N) is 1. The minimum Gasteiger partial charge on any atom is -0.458 e. The van der Waals surface area contributed by atoms with Gasteiger partial charge in [-0.05, 0) is 59.9 Å². The molecule has 3 rings (SSSR count). The van der Waals surface area contributed by atoms with Crippen LogP contribution in [-0.2, 0) is 0 Å². The summed E-state index contributed by atoms with van der Waals surface area (Å²) < 4.78 is 6.85. The van der Waals surface area contributed by atoms with E-state index in [0.29, 0.717) is 6.04 Å². The minimum atomic E-state index is 0.327. The lowest BCUT2D eigenvalue weighted by Crippen LogP contribution is -2.17. The van der Waals surface area contributed by atoms with E-state index in [-0.39, 0.29) is 0 Å². The molecule has 0 radical (unpaired) electrons. The zero-order chi connectivity index (χ0) is 12.0. The van der Waals surface area contributed by atoms with Crippen LogP contribution in [0.5, 0.6) is 0 Å². The van der Waals surface area contributed by atoms with Gasteiger partial charge >= 0.3 is 0 Å². The molecule has 1 aromatic heterocycles. The van der Waals surface area contributed by atoms with Crippen LogP contribution in [0.2, 0.25) is 5.02 Å². The predicted molar refractivity (Wildman–Crippen MR) is 73.4 cm³/mol. The van der Waals surface area contributed by atoms with Crippen molar-refractivity contribution in [1.29, 1.82) is 0 Å². The zero-order valence-electron chi connectivity index (χ0n) is 9.47. The van der Waals surface area contributed by atoms with Crippen LogP contribution in [0, 0.1) is 5.92 Å². The highest BCUT2D eigenvalue weighted by molar-refractivity contribution is 9.10. The van der Waals surface area contributed by atoms with Gasteiger partial charge in [-0.15, -0.1) is 0 Å². The first-order valence-electron chi connectivity index (χ1n) is 5.75. The monoisotopic (exact) mass is 313 g/mol. The summed E-state index contributed by atoms with van der Waals surface area (Å²) in [5, 5.41) is 5.12. The van der Waals surface area contributed by atoms with E-state index in [9.17, 15) is 0 Å². The van der Waals surface area contributed by atoms with Crippen molar-refractivity contribution >= 4 is 38.5 Å². The average Bonchev–Trinajstić information content (AvgIpc) is 3.00. The van der Waals surface area contributed by atoms with Gasteiger partial charge in [-0.25, -0.2) is 0 Å². The molecule has 0 bridgehead atoms. The van der Waals surface area contributed by atoms with Crippen LogP contribution in [0.25, 0.3) is 11.0 Å². The number of rotatable bonds is 3. The van der Waals surface area contributed by atoms with E-state index in [1.807, 2.05) is 19.2 Å². The maximum atomic E-state index is 6.03. The summed E-state index contributed by atoms with van der Waals surface area (Å²) >= 11 is 9.52. The van der Waals surface area contributed by atoms with Crippen molar-refractivity contribution in [2.75, 3.05) is 7.05 Å². The summed E-state index contributed by atoms with van der Waals surface area (Å²) in [6.07, 6.45) is 2.56. The lowest BCUT2D eigenvalue weighted by atomic mass is 10.1. The Balaban J connectivity index is 2.09. The molecule has 1 atom stereocenters. The van der Waals surface area contributed by atoms with Crippen molar-refractivity contribution in [1.82, 2.24) is 5.32 Å². The van der Waals surface area contributed by atoms with E-state index in [1.54, 1.807) is 0 Å². The van der Waals surface area contributed by atoms with Crippen LogP contribution >= 0.6 is 27.5 Å². The molecule has 1 N–H and O–H groups in total. The predicted octanol–water partition coefficient (Wildman–Crippen LogP) is 4.52. The molecule has 0 spiro atoms. The van der Waals surface area contributed by atoms with Crippen LogP contribution in [0.3, 0.4) is 0 Å². The van der Waals surface area contributed by atoms with Crippen LogP contribution in [-0.4, -0.2) is 7.05 Å². The normalized spacial score (nSPS) is 17.6. The molecule has 17 heavy (non-hydrogen) atoms. The molecule has 0 saturated heterocycles. The van der Waals surface area contributed by atoms with E-state index in [0.717, 1.165) is 32.1 Å². The Hall–Kier alpha value is -0.510. The minimum absolute atomic E-state index is 0.327. The first kappa shape index (κ1) is 11.6. The van der Waals surface area contributed by atoms with Gasteiger partial charge < -0.3 is 9.73 Å². The van der Waals surface area contributed by atoms with Crippen molar-refractivity contribution in [3.8, 4) is 0 Å². The standard InChI is InChI=1S/C13H13BrClNO/c1-16-12(7-2-3-7)11-5-8-4-9(15)6-10(14)13(8)17-11/h4-7,12,16H,2-3H2,1H3. The Kier molecular flexibility index (Phi) is 2.93. The maximum absolute atomic E-state index is 6.03. The molecular weight excluding hydrogens is 302 g/mol. The summed E-state index contributed by atoms with van der Waals surface area (Å²) in [5.74, 6) is 1.72. The number of hydrogen-bond donors (Lipinski definition) is 1. The second kappa shape index (κ2) is 4.30. The topological polar surface area (TPSA) is 25.2 Å². The Morgan fingerprint density at radius 3 is 2.82 bits per heavy atom. The fourth-order valence-electron chi connectivity index (χ4n) is 2.29. The Labute approximate surface area is 113 Å². The van der Waals surface area contributed by atoms with E-state index in [2.05, 4.69) is 27.3 Å². The molecule has 4 heteroatoms. The van der Waals surface area contributed by atoms with Gasteiger partial charge in [0, 0.05) is 10.4 Å². The lowest BCUT2D eigenvalue weighted by molar-refractivity contribution is 0.419. The van der Waals surface area contributed by atoms with Crippen molar-refractivity contribution in [3.05, 3.63) is 33.5 Å². The lowest BCUT2D eigenvalue weighted by Gasteiger charge is -2.11. The third kappa shape index (κ3) is 2.12. The fraction of sp³-hybridized carbons (Fsp3) is 0.385. The number of benzene rings is 1. The fourth-order valence-corrected chi connectivity index (χ4v) is 3.20. The van der Waals surface area contributed by atoms with Gasteiger partial charge in [0.25, 0.3) is 0 Å². The Morgan fingerprint density at radius 1 is 1.41 bits per heavy atom. The molecule has 2 nitrogen and oxygen atoms in total. The molecule has 1 saturated carbocycles. The third-order valence-electron chi connectivity index (χ3n) is 3.27. The second-order valence-electron chi connectivity index (χ2n) is 4.56. The Bertz CT molecular complexity index is 562. The number of hydrogen-bond acceptors (Lipinski definition) is 2. The van der Waals surface area contributed by atoms with Gasteiger partial charge in [-0.2, -0.15) is 0 Å². The highest BCUT2D eigenvalue weighted by atomic mass is 79.9. The molecule has 1 aliphatic carbocycles. The Morgan fingerprint density at radius 2 is 2.18 bits per heavy atom. The molecule has 1 aliphatic rings. The molecule has 1 fully saturated rings. The van der Waals surface area contributed by atoms with Gasteiger partial charge in [0.05, 0.1) is 10.5 Å². The van der Waals surface area contributed by atoms with E-state index >= 15 is 0 Å². The highest BCUT2D eigenvalue weighted by Crippen LogP contribution is 2.43. The zero-order valence-corrected chi connectivity index (χ0v) is 11.8. The van der Waals surface area contributed by atoms with Crippen molar-refractivity contribution < 1.29 is 4.42 Å². The van der Waals surface area contributed by atoms with Crippen molar-refractivity contribution in [3.63, 3.8) is 0 Å². The van der Waals surface area contributed by atoms with Crippen LogP contribution in [0.4, 0.5) is 0 Å². The highest BCUT2D eigenvalue weighted by Gasteiger charge is 2.33. The van der Waals surface area contributed by atoms with Gasteiger partial charge in [0.15, 0.2) is 0 Å². The molecular formula is C13H13BrClNO. The molecule has 0 aliphatic heterocycles. The molecule has 0 amide bonds. The molecule has 1 heterocycles. The number of fused-ring (bicyclic) bond motifs is 1. The molecule has 1 unspecified atom stereocenters. The maximum Gasteiger partial charge on any atom is 0.148 e. The first-order chi connectivity index (χ1) is 8.19. The average molecular weight is 315 g/mol. The van der Waals surface area contributed by atoms with Gasteiger partial charge in [0.1, 0.15) is 11.3 Å². The third-order valence-corrected chi connectivity index (χ3v) is 4.07. The summed E-state index contributed by atoms with van der Waals surface area (Å²) in [5.41, 5.74) is 0.880. The van der Waals surface area contributed by atoms with Crippen LogP contribution < -0.4 is 5.32 Å². The SMILES string of the molecule is CNC(c1cc2cc(Cl)cc(Br)c2o1)C1CC1. The first-order valence-corrected chi connectivity index (χ1v) is 6.92. The molecule has 90 valence electrons. The van der Waals surface area contributed by atoms with Gasteiger partial charge in [-0.1, -0.05) is 11.6 Å². The van der Waals surface area contributed by atoms with Crippen LogP contribution in [0.1, 0.15) is 24.6 Å². The quantitative estimate of drug-likeness (QED) is 0.901. The molecule has 2 aromatic rings. The van der Waals surface area contributed by atoms with Gasteiger partial charge in [-0.3, -0.25) is 0 Å². The molecule has 1 aromatic carbocycles. The summed E-state index contributed by atoms with van der Waals surface area (Å²) in [6.45, 7) is 0. The van der Waals surface area contributed by atoms with Crippen molar-refractivity contribution in [2.45, 2.75) is 18.9 Å². The van der Waals surface area contributed by atoms with E-state index in [4.69, 9.17) is 16.0 Å². The number of halogens is 2. The summed E-state index contributed by atoms with van der Waals surface area (Å²) in [6, 6.07) is 6.22.